The molecule has 0 bridgehead atoms. The standard InChI is InChI=1S/C12H17ClO3/c1-16-12(15)10(11(14)8-13)7-9-5-3-2-4-6-9/h7,9H,2-6,8H2,1H3. The fourth-order valence-electron chi connectivity index (χ4n) is 1.99. The van der Waals surface area contributed by atoms with Crippen LogP contribution in [0.3, 0.4) is 0 Å². The molecule has 0 unspecified atom stereocenters. The maximum Gasteiger partial charge on any atom is 0.341 e. The van der Waals surface area contributed by atoms with Gasteiger partial charge in [-0.1, -0.05) is 25.3 Å². The molecular weight excluding hydrogens is 228 g/mol. The Morgan fingerprint density at radius 3 is 2.44 bits per heavy atom. The zero-order valence-electron chi connectivity index (χ0n) is 9.50. The Balaban J connectivity index is 2.77. The zero-order valence-corrected chi connectivity index (χ0v) is 10.3. The van der Waals surface area contributed by atoms with Crippen LogP contribution in [0, 0.1) is 5.92 Å². The van der Waals surface area contributed by atoms with Crippen LogP contribution in [0.5, 0.6) is 0 Å². The smallest absolute Gasteiger partial charge is 0.341 e. The van der Waals surface area contributed by atoms with Crippen molar-refractivity contribution in [1.82, 2.24) is 0 Å². The van der Waals surface area contributed by atoms with Crippen LogP contribution in [0.4, 0.5) is 0 Å². The van der Waals surface area contributed by atoms with Crippen LogP contribution < -0.4 is 0 Å². The average molecular weight is 245 g/mol. The number of ether oxygens (including phenoxy) is 1. The summed E-state index contributed by atoms with van der Waals surface area (Å²) in [6.45, 7) is 0. The number of methoxy groups -OCH3 is 1. The Kier molecular flexibility index (Phi) is 5.53. The highest BCUT2D eigenvalue weighted by atomic mass is 35.5. The molecule has 1 fully saturated rings. The van der Waals surface area contributed by atoms with Gasteiger partial charge >= 0.3 is 5.97 Å². The van der Waals surface area contributed by atoms with Crippen molar-refractivity contribution in [2.24, 2.45) is 5.92 Å². The highest BCUT2D eigenvalue weighted by Gasteiger charge is 2.21. The molecule has 0 N–H and O–H groups in total. The van der Waals surface area contributed by atoms with Gasteiger partial charge in [0.15, 0.2) is 5.78 Å². The van der Waals surface area contributed by atoms with Crippen molar-refractivity contribution in [3.8, 4) is 0 Å². The van der Waals surface area contributed by atoms with Gasteiger partial charge in [-0.05, 0) is 18.8 Å². The lowest BCUT2D eigenvalue weighted by Gasteiger charge is -2.18. The molecule has 0 spiro atoms. The predicted octanol–water partition coefficient (Wildman–Crippen LogP) is 2.47. The quantitative estimate of drug-likeness (QED) is 0.251. The normalized spacial score (nSPS) is 18.2. The largest absolute Gasteiger partial charge is 0.465 e. The summed E-state index contributed by atoms with van der Waals surface area (Å²) in [5.74, 6) is -0.779. The molecule has 1 saturated carbocycles. The van der Waals surface area contributed by atoms with Gasteiger partial charge in [0.05, 0.1) is 13.0 Å². The SMILES string of the molecule is COC(=O)C(=CC1CCCCC1)C(=O)CCl. The number of Topliss-reactive ketones (excluding diaryl/α,β-unsaturated/α-hetero) is 1. The summed E-state index contributed by atoms with van der Waals surface area (Å²) in [5.41, 5.74) is 0.115. The molecular formula is C12H17ClO3. The first-order valence-corrected chi connectivity index (χ1v) is 6.11. The molecule has 4 heteroatoms. The van der Waals surface area contributed by atoms with Crippen molar-refractivity contribution >= 4 is 23.4 Å². The summed E-state index contributed by atoms with van der Waals surface area (Å²) in [4.78, 5) is 22.9. The van der Waals surface area contributed by atoms with Crippen LogP contribution in [-0.2, 0) is 14.3 Å². The van der Waals surface area contributed by atoms with E-state index in [4.69, 9.17) is 11.6 Å². The van der Waals surface area contributed by atoms with Crippen molar-refractivity contribution < 1.29 is 14.3 Å². The summed E-state index contributed by atoms with van der Waals surface area (Å²) in [7, 11) is 1.28. The predicted molar refractivity (Wildman–Crippen MR) is 62.4 cm³/mol. The molecule has 0 aromatic rings. The molecule has 0 saturated heterocycles. The van der Waals surface area contributed by atoms with Gasteiger partial charge in [0.2, 0.25) is 0 Å². The van der Waals surface area contributed by atoms with Crippen molar-refractivity contribution in [3.05, 3.63) is 11.6 Å². The minimum absolute atomic E-state index is 0.115. The maximum absolute atomic E-state index is 11.5. The first kappa shape index (κ1) is 13.2. The molecule has 0 aliphatic heterocycles. The fraction of sp³-hybridized carbons (Fsp3) is 0.667. The van der Waals surface area contributed by atoms with Gasteiger partial charge in [0, 0.05) is 0 Å². The van der Waals surface area contributed by atoms with Gasteiger partial charge in [-0.2, -0.15) is 0 Å². The second kappa shape index (κ2) is 6.69. The van der Waals surface area contributed by atoms with Crippen LogP contribution in [0.15, 0.2) is 11.6 Å². The van der Waals surface area contributed by atoms with Gasteiger partial charge in [-0.3, -0.25) is 4.79 Å². The Labute approximate surface area is 101 Å². The van der Waals surface area contributed by atoms with E-state index in [1.165, 1.54) is 13.5 Å². The van der Waals surface area contributed by atoms with E-state index in [0.29, 0.717) is 5.92 Å². The number of allylic oxidation sites excluding steroid dienone is 1. The van der Waals surface area contributed by atoms with E-state index in [9.17, 15) is 9.59 Å². The number of halogens is 1. The number of alkyl halides is 1. The highest BCUT2D eigenvalue weighted by molar-refractivity contribution is 6.34. The van der Waals surface area contributed by atoms with E-state index in [-0.39, 0.29) is 17.2 Å². The van der Waals surface area contributed by atoms with E-state index in [1.807, 2.05) is 0 Å². The van der Waals surface area contributed by atoms with Crippen LogP contribution in [0.2, 0.25) is 0 Å². The van der Waals surface area contributed by atoms with E-state index in [1.54, 1.807) is 6.08 Å². The van der Waals surface area contributed by atoms with Crippen LogP contribution in [0.25, 0.3) is 0 Å². The van der Waals surface area contributed by atoms with E-state index in [2.05, 4.69) is 4.74 Å². The minimum Gasteiger partial charge on any atom is -0.465 e. The molecule has 0 radical (unpaired) electrons. The summed E-state index contributed by atoms with van der Waals surface area (Å²) < 4.78 is 4.59. The van der Waals surface area contributed by atoms with Crippen molar-refractivity contribution in [2.75, 3.05) is 13.0 Å². The molecule has 0 heterocycles. The van der Waals surface area contributed by atoms with Crippen molar-refractivity contribution in [3.63, 3.8) is 0 Å². The minimum atomic E-state index is -0.573. The molecule has 0 atom stereocenters. The third kappa shape index (κ3) is 3.63. The summed E-state index contributed by atoms with van der Waals surface area (Å²) in [6, 6.07) is 0. The van der Waals surface area contributed by atoms with Gasteiger partial charge in [0.25, 0.3) is 0 Å². The van der Waals surface area contributed by atoms with E-state index >= 15 is 0 Å². The zero-order chi connectivity index (χ0) is 12.0. The second-order valence-corrected chi connectivity index (χ2v) is 4.29. The van der Waals surface area contributed by atoms with E-state index in [0.717, 1.165) is 25.7 Å². The van der Waals surface area contributed by atoms with E-state index < -0.39 is 5.97 Å². The Morgan fingerprint density at radius 1 is 1.31 bits per heavy atom. The molecule has 0 amide bonds. The number of ketones is 1. The van der Waals surface area contributed by atoms with Gasteiger partial charge < -0.3 is 4.74 Å². The first-order chi connectivity index (χ1) is 7.69. The molecule has 1 aliphatic rings. The molecule has 0 aromatic carbocycles. The molecule has 90 valence electrons. The molecule has 3 nitrogen and oxygen atoms in total. The third-order valence-corrected chi connectivity index (χ3v) is 3.12. The molecule has 1 rings (SSSR count). The number of carbonyl (C=O) groups is 2. The number of hydrogen-bond donors (Lipinski definition) is 0. The molecule has 16 heavy (non-hydrogen) atoms. The monoisotopic (exact) mass is 244 g/mol. The second-order valence-electron chi connectivity index (χ2n) is 4.03. The van der Waals surface area contributed by atoms with Crippen LogP contribution in [-0.4, -0.2) is 24.7 Å². The van der Waals surface area contributed by atoms with Crippen molar-refractivity contribution in [1.29, 1.82) is 0 Å². The summed E-state index contributed by atoms with van der Waals surface area (Å²) in [5, 5.41) is 0. The fourth-order valence-corrected chi connectivity index (χ4v) is 2.14. The maximum atomic E-state index is 11.5. The average Bonchev–Trinajstić information content (AvgIpc) is 2.35. The van der Waals surface area contributed by atoms with Crippen LogP contribution >= 0.6 is 11.6 Å². The lowest BCUT2D eigenvalue weighted by molar-refractivity contribution is -0.137. The van der Waals surface area contributed by atoms with Gasteiger partial charge in [-0.15, -0.1) is 11.6 Å². The number of carbonyl (C=O) groups excluding carboxylic acids is 2. The van der Waals surface area contributed by atoms with Gasteiger partial charge in [0.1, 0.15) is 5.57 Å². The lowest BCUT2D eigenvalue weighted by atomic mass is 9.87. The van der Waals surface area contributed by atoms with Gasteiger partial charge in [-0.25, -0.2) is 4.79 Å². The van der Waals surface area contributed by atoms with Crippen molar-refractivity contribution in [2.45, 2.75) is 32.1 Å². The third-order valence-electron chi connectivity index (χ3n) is 2.88. The Morgan fingerprint density at radius 2 is 1.94 bits per heavy atom. The molecule has 0 aromatic heterocycles. The van der Waals surface area contributed by atoms with Crippen LogP contribution in [0.1, 0.15) is 32.1 Å². The lowest BCUT2D eigenvalue weighted by Crippen LogP contribution is -2.17. The Hall–Kier alpha value is -0.830. The summed E-state index contributed by atoms with van der Waals surface area (Å²) in [6.07, 6.45) is 7.37. The number of hydrogen-bond acceptors (Lipinski definition) is 3. The molecule has 1 aliphatic carbocycles. The summed E-state index contributed by atoms with van der Waals surface area (Å²) >= 11 is 5.47. The highest BCUT2D eigenvalue weighted by Crippen LogP contribution is 2.26. The topological polar surface area (TPSA) is 43.4 Å². The number of esters is 1. The Bertz CT molecular complexity index is 273. The number of rotatable bonds is 4. The first-order valence-electron chi connectivity index (χ1n) is 5.58.